The van der Waals surface area contributed by atoms with Gasteiger partial charge >= 0.3 is 12.1 Å². The zero-order valence-electron chi connectivity index (χ0n) is 31.5. The number of alkyl carbamates (subject to hydrolysis) is 1. The molecule has 0 bridgehead atoms. The molecule has 3 amide bonds. The Bertz CT molecular complexity index is 1940. The number of methoxy groups -OCH3 is 1. The molecule has 1 aromatic carbocycles. The molecule has 0 radical (unpaired) electrons. The molecule has 4 aliphatic rings. The van der Waals surface area contributed by atoms with Crippen LogP contribution in [0.3, 0.4) is 0 Å². The first-order valence-electron chi connectivity index (χ1n) is 19.4. The Morgan fingerprint density at radius 1 is 1.04 bits per heavy atom. The molecule has 0 spiro atoms. The molecule has 2 aromatic heterocycles. The smallest absolute Gasteiger partial charge is 0.408 e. The zero-order valence-corrected chi connectivity index (χ0v) is 32.4. The van der Waals surface area contributed by atoms with Crippen molar-refractivity contribution < 1.29 is 38.5 Å². The molecule has 14 nitrogen and oxygen atoms in total. The fraction of sp³-hybridized carbons (Fsp3) is 0.550. The van der Waals surface area contributed by atoms with Crippen LogP contribution in [0.4, 0.5) is 9.93 Å². The predicted octanol–water partition coefficient (Wildman–Crippen LogP) is 6.05. The highest BCUT2D eigenvalue weighted by Gasteiger charge is 2.61. The van der Waals surface area contributed by atoms with Gasteiger partial charge in [0.2, 0.25) is 11.8 Å². The molecule has 2 aliphatic carbocycles. The first-order valence-corrected chi connectivity index (χ1v) is 20.3. The highest BCUT2D eigenvalue weighted by molar-refractivity contribution is 7.14. The van der Waals surface area contributed by atoms with Crippen molar-refractivity contribution in [3.8, 4) is 22.9 Å². The van der Waals surface area contributed by atoms with Crippen LogP contribution in [0.1, 0.15) is 84.5 Å². The van der Waals surface area contributed by atoms with Crippen molar-refractivity contribution in [3.05, 3.63) is 41.8 Å². The highest BCUT2D eigenvalue weighted by Crippen LogP contribution is 2.45. The second-order valence-electron chi connectivity index (χ2n) is 15.4. The summed E-state index contributed by atoms with van der Waals surface area (Å²) < 4.78 is 17.9. The molecule has 15 heteroatoms. The molecule has 2 saturated carbocycles. The van der Waals surface area contributed by atoms with Crippen LogP contribution in [-0.2, 0) is 19.1 Å². The van der Waals surface area contributed by atoms with Gasteiger partial charge in [-0.05, 0) is 77.3 Å². The van der Waals surface area contributed by atoms with Gasteiger partial charge in [0.25, 0.3) is 0 Å². The molecule has 3 aromatic rings. The molecule has 3 fully saturated rings. The minimum atomic E-state index is -1.45. The number of carboxylic acids is 1. The first-order chi connectivity index (χ1) is 26.5. The number of hydrogen-bond donors (Lipinski definition) is 4. The van der Waals surface area contributed by atoms with Gasteiger partial charge in [0.1, 0.15) is 47.0 Å². The second-order valence-corrected chi connectivity index (χ2v) is 16.2. The number of benzene rings is 1. The number of carboxylic acid groups (broad SMARTS) is 1. The van der Waals surface area contributed by atoms with E-state index < -0.39 is 47.6 Å². The molecule has 1 saturated heterocycles. The third-order valence-electron chi connectivity index (χ3n) is 10.9. The number of aromatic nitrogens is 2. The molecule has 5 atom stereocenters. The quantitative estimate of drug-likeness (QED) is 0.186. The Hall–Kier alpha value is -4.92. The summed E-state index contributed by atoms with van der Waals surface area (Å²) >= 11 is 1.47. The summed E-state index contributed by atoms with van der Waals surface area (Å²) in [6.07, 6.45) is 9.71. The van der Waals surface area contributed by atoms with Crippen LogP contribution in [0, 0.1) is 5.92 Å². The first kappa shape index (κ1) is 38.4. The molecule has 294 valence electrons. The summed E-state index contributed by atoms with van der Waals surface area (Å²) in [5.41, 5.74) is 0.394. The van der Waals surface area contributed by atoms with Gasteiger partial charge in [0, 0.05) is 41.3 Å². The average Bonchev–Trinajstić information content (AvgIpc) is 3.58. The highest BCUT2D eigenvalue weighted by atomic mass is 32.1. The summed E-state index contributed by atoms with van der Waals surface area (Å²) in [4.78, 5) is 65.5. The number of anilines is 1. The molecule has 4 heterocycles. The summed E-state index contributed by atoms with van der Waals surface area (Å²) in [5, 5.41) is 22.6. The van der Waals surface area contributed by atoms with Gasteiger partial charge in [-0.15, -0.1) is 11.3 Å². The van der Waals surface area contributed by atoms with Crippen molar-refractivity contribution in [3.63, 3.8) is 0 Å². The summed E-state index contributed by atoms with van der Waals surface area (Å²) in [5.74, 6) is -1.37. The summed E-state index contributed by atoms with van der Waals surface area (Å²) in [7, 11) is 1.58. The number of nitrogens with one attached hydrogen (secondary N) is 3. The van der Waals surface area contributed by atoms with E-state index in [9.17, 15) is 24.3 Å². The maximum atomic E-state index is 14.5. The van der Waals surface area contributed by atoms with Crippen LogP contribution < -0.4 is 25.4 Å². The molecular formula is C40H50N6O8S. The lowest BCUT2D eigenvalue weighted by Gasteiger charge is -2.29. The minimum absolute atomic E-state index is 0.0324. The van der Waals surface area contributed by atoms with Gasteiger partial charge in [-0.3, -0.25) is 9.59 Å². The number of pyridine rings is 1. The fourth-order valence-corrected chi connectivity index (χ4v) is 8.75. The Balaban J connectivity index is 1.20. The van der Waals surface area contributed by atoms with Gasteiger partial charge in [-0.2, -0.15) is 0 Å². The topological polar surface area (TPSA) is 181 Å². The van der Waals surface area contributed by atoms with Crippen LogP contribution in [0.2, 0.25) is 0 Å². The maximum absolute atomic E-state index is 14.5. The monoisotopic (exact) mass is 774 g/mol. The van der Waals surface area contributed by atoms with E-state index in [2.05, 4.69) is 16.0 Å². The third kappa shape index (κ3) is 8.66. The number of rotatable bonds is 9. The predicted molar refractivity (Wildman–Crippen MR) is 207 cm³/mol. The number of aliphatic carboxylic acids is 1. The van der Waals surface area contributed by atoms with E-state index in [0.717, 1.165) is 50.1 Å². The normalized spacial score (nSPS) is 26.7. The molecule has 2 aliphatic heterocycles. The Kier molecular flexibility index (Phi) is 11.5. The van der Waals surface area contributed by atoms with E-state index >= 15 is 0 Å². The molecule has 55 heavy (non-hydrogen) atoms. The van der Waals surface area contributed by atoms with E-state index in [0.29, 0.717) is 46.6 Å². The van der Waals surface area contributed by atoms with Gasteiger partial charge in [0.05, 0.1) is 24.9 Å². The van der Waals surface area contributed by atoms with Crippen LogP contribution in [-0.4, -0.2) is 93.4 Å². The Morgan fingerprint density at radius 2 is 1.84 bits per heavy atom. The Morgan fingerprint density at radius 3 is 2.60 bits per heavy atom. The average molecular weight is 775 g/mol. The summed E-state index contributed by atoms with van der Waals surface area (Å²) in [6, 6.07) is 5.50. The van der Waals surface area contributed by atoms with Crippen LogP contribution >= 0.6 is 11.3 Å². The van der Waals surface area contributed by atoms with E-state index in [1.54, 1.807) is 7.11 Å². The van der Waals surface area contributed by atoms with Crippen molar-refractivity contribution in [1.82, 2.24) is 25.5 Å². The number of carbonyl (C=O) groups excluding carboxylic acids is 3. The van der Waals surface area contributed by atoms with E-state index in [4.69, 9.17) is 24.2 Å². The molecular weight excluding hydrogens is 725 g/mol. The van der Waals surface area contributed by atoms with Crippen LogP contribution in [0.5, 0.6) is 11.5 Å². The van der Waals surface area contributed by atoms with Crippen molar-refractivity contribution in [2.24, 2.45) is 5.92 Å². The number of fused-ring (bicyclic) bond motifs is 3. The summed E-state index contributed by atoms with van der Waals surface area (Å²) in [6.45, 7) is 4.11. The fourth-order valence-electron chi connectivity index (χ4n) is 7.90. The number of allylic oxidation sites excluding steroid dienone is 1. The lowest BCUT2D eigenvalue weighted by atomic mass is 10.0. The van der Waals surface area contributed by atoms with E-state index in [-0.39, 0.29) is 37.5 Å². The number of ether oxygens (including phenoxy) is 3. The number of hydrogen-bond acceptors (Lipinski definition) is 11. The van der Waals surface area contributed by atoms with E-state index in [1.807, 2.05) is 55.6 Å². The lowest BCUT2D eigenvalue weighted by Crippen LogP contribution is -2.56. The number of amides is 3. The zero-order chi connectivity index (χ0) is 38.7. The van der Waals surface area contributed by atoms with E-state index in [1.165, 1.54) is 16.2 Å². The lowest BCUT2D eigenvalue weighted by molar-refractivity contribution is -0.145. The molecule has 7 rings (SSSR count). The number of carbonyl (C=O) groups is 4. The third-order valence-corrected chi connectivity index (χ3v) is 11.7. The SMILES string of the molecule is COc1ccc2c(O[C@@H]3C[C@H]4C(=O)N[C@]5(C(=O)O)C[C@H]5/C=C\CCCCCC(NC(=O)OC5CCCC5)C(=O)N4C3)cc(-c3csc(NC(C)C)n3)nc2c1. The van der Waals surface area contributed by atoms with Crippen LogP contribution in [0.25, 0.3) is 22.3 Å². The van der Waals surface area contributed by atoms with Gasteiger partial charge in [-0.1, -0.05) is 25.0 Å². The minimum Gasteiger partial charge on any atom is -0.497 e. The Labute approximate surface area is 324 Å². The largest absolute Gasteiger partial charge is 0.497 e. The van der Waals surface area contributed by atoms with Crippen molar-refractivity contribution in [1.29, 1.82) is 0 Å². The van der Waals surface area contributed by atoms with Crippen LogP contribution in [0.15, 0.2) is 41.8 Å². The standard InChI is InChI=1S/C40H50N6O8S/c1-23(2)41-38-43-32(22-55-38)31-19-34(28-16-15-26(52-3)17-30(28)42-31)53-27-18-33-35(47)45-40(37(49)50)20-24(40)11-7-5-4-6-8-14-29(36(48)46(33)21-27)44-39(51)54-25-12-9-10-13-25/h7,11,15-17,19,22-25,27,29,33H,4-6,8-10,12-14,18,20-21H2,1-3H3,(H,41,43)(H,44,51)(H,45,47)(H,49,50)/b11-7-/t24-,27-,29?,33+,40-/m1/s1. The molecule has 1 unspecified atom stereocenters. The number of thiazole rings is 1. The van der Waals surface area contributed by atoms with Crippen molar-refractivity contribution in [2.75, 3.05) is 19.0 Å². The van der Waals surface area contributed by atoms with Crippen molar-refractivity contribution >= 4 is 51.2 Å². The van der Waals surface area contributed by atoms with Gasteiger partial charge in [-0.25, -0.2) is 19.6 Å². The maximum Gasteiger partial charge on any atom is 0.408 e. The molecule has 4 N–H and O–H groups in total. The van der Waals surface area contributed by atoms with Crippen molar-refractivity contribution in [2.45, 2.75) is 120 Å². The number of nitrogens with zero attached hydrogens (tertiary/aromatic N) is 3. The van der Waals surface area contributed by atoms with Gasteiger partial charge < -0.3 is 40.2 Å². The second kappa shape index (κ2) is 16.4. The van der Waals surface area contributed by atoms with Gasteiger partial charge in [0.15, 0.2) is 5.13 Å².